The lowest BCUT2D eigenvalue weighted by atomic mass is 10.0. The normalized spacial score (nSPS) is 11.5. The van der Waals surface area contributed by atoms with Crippen molar-refractivity contribution in [3.8, 4) is 11.5 Å². The zero-order valence-corrected chi connectivity index (χ0v) is 14.4. The fourth-order valence-electron chi connectivity index (χ4n) is 2.66. The molecule has 3 aromatic carbocycles. The van der Waals surface area contributed by atoms with Crippen LogP contribution in [0.5, 0.6) is 11.5 Å². The minimum Gasteiger partial charge on any atom is -0.505 e. The monoisotopic (exact) mass is 340 g/mol. The van der Waals surface area contributed by atoms with Crippen LogP contribution in [0, 0.1) is 20.8 Å². The molecule has 2 N–H and O–H groups in total. The van der Waals surface area contributed by atoms with Gasteiger partial charge in [0.1, 0.15) is 11.4 Å². The maximum atomic E-state index is 10.5. The molecular weight excluding hydrogens is 324 g/mol. The number of phenolic OH excluding ortho intramolecular Hbond substituents is 2. The Morgan fingerprint density at radius 2 is 1.58 bits per heavy atom. The van der Waals surface area contributed by atoms with Gasteiger partial charge in [0.25, 0.3) is 0 Å². The van der Waals surface area contributed by atoms with Crippen LogP contribution in [-0.2, 0) is 0 Å². The van der Waals surface area contributed by atoms with E-state index in [0.717, 1.165) is 22.1 Å². The third-order valence-electron chi connectivity index (χ3n) is 3.88. The molecule has 0 radical (unpaired) electrons. The van der Waals surface area contributed by atoms with Gasteiger partial charge in [-0.25, -0.2) is 0 Å². The predicted octanol–water partition coefficient (Wildman–Crippen LogP) is 6.25. The SMILES string of the molecule is Cc1cc(Cl)c(O)c(N=Nc2c(C)cc3cc(C)ccc3c2O)c1. The molecule has 0 heterocycles. The highest BCUT2D eigenvalue weighted by Crippen LogP contribution is 2.41. The Kier molecular flexibility index (Phi) is 4.16. The molecule has 0 aliphatic carbocycles. The summed E-state index contributed by atoms with van der Waals surface area (Å²) in [5.74, 6) is -0.0495. The number of hydrogen-bond acceptors (Lipinski definition) is 4. The molecule has 122 valence electrons. The van der Waals surface area contributed by atoms with Crippen LogP contribution in [-0.4, -0.2) is 10.2 Å². The molecule has 0 saturated heterocycles. The number of hydrogen-bond donors (Lipinski definition) is 2. The Hall–Kier alpha value is -2.59. The number of aromatic hydroxyl groups is 2. The first-order chi connectivity index (χ1) is 11.4. The van der Waals surface area contributed by atoms with E-state index in [2.05, 4.69) is 10.2 Å². The second-order valence-electron chi connectivity index (χ2n) is 5.93. The lowest BCUT2D eigenvalue weighted by molar-refractivity contribution is 0.475. The summed E-state index contributed by atoms with van der Waals surface area (Å²) < 4.78 is 0. The van der Waals surface area contributed by atoms with Gasteiger partial charge in [-0.3, -0.25) is 0 Å². The number of phenols is 2. The van der Waals surface area contributed by atoms with Crippen LogP contribution in [0.3, 0.4) is 0 Å². The standard InChI is InChI=1S/C19H17ClN2O2/c1-10-4-5-14-13(6-10)9-12(3)17(18(14)23)22-21-16-8-11(2)7-15(20)19(16)24/h4-9,23-24H,1-3H3. The van der Waals surface area contributed by atoms with Gasteiger partial charge in [0.2, 0.25) is 0 Å². The third kappa shape index (κ3) is 2.93. The van der Waals surface area contributed by atoms with Crippen molar-refractivity contribution in [2.45, 2.75) is 20.8 Å². The molecule has 0 spiro atoms. The van der Waals surface area contributed by atoms with Crippen LogP contribution >= 0.6 is 11.6 Å². The first-order valence-corrected chi connectivity index (χ1v) is 7.88. The van der Waals surface area contributed by atoms with Gasteiger partial charge < -0.3 is 10.2 Å². The molecule has 0 unspecified atom stereocenters. The predicted molar refractivity (Wildman–Crippen MR) is 97.1 cm³/mol. The van der Waals surface area contributed by atoms with Crippen molar-refractivity contribution in [3.63, 3.8) is 0 Å². The lowest BCUT2D eigenvalue weighted by Crippen LogP contribution is -1.82. The molecule has 5 heteroatoms. The van der Waals surface area contributed by atoms with Gasteiger partial charge in [0.05, 0.1) is 5.02 Å². The fourth-order valence-corrected chi connectivity index (χ4v) is 2.92. The molecule has 3 aromatic rings. The zero-order chi connectivity index (χ0) is 17.4. The van der Waals surface area contributed by atoms with Crippen molar-refractivity contribution < 1.29 is 10.2 Å². The van der Waals surface area contributed by atoms with Gasteiger partial charge in [0.15, 0.2) is 11.5 Å². The third-order valence-corrected chi connectivity index (χ3v) is 4.17. The van der Waals surface area contributed by atoms with Crippen molar-refractivity contribution in [3.05, 3.63) is 58.1 Å². The second-order valence-corrected chi connectivity index (χ2v) is 6.34. The molecular formula is C19H17ClN2O2. The van der Waals surface area contributed by atoms with Gasteiger partial charge in [-0.15, -0.1) is 10.2 Å². The Morgan fingerprint density at radius 3 is 2.33 bits per heavy atom. The minimum atomic E-state index is -0.125. The average Bonchev–Trinajstić information content (AvgIpc) is 2.51. The van der Waals surface area contributed by atoms with Crippen LogP contribution in [0.2, 0.25) is 5.02 Å². The summed E-state index contributed by atoms with van der Waals surface area (Å²) in [6.45, 7) is 5.72. The van der Waals surface area contributed by atoms with Crippen molar-refractivity contribution in [1.82, 2.24) is 0 Å². The summed E-state index contributed by atoms with van der Waals surface area (Å²) in [5.41, 5.74) is 3.43. The summed E-state index contributed by atoms with van der Waals surface area (Å²) in [7, 11) is 0. The first-order valence-electron chi connectivity index (χ1n) is 7.50. The van der Waals surface area contributed by atoms with E-state index in [0.29, 0.717) is 11.1 Å². The summed E-state index contributed by atoms with van der Waals surface area (Å²) in [5, 5.41) is 30.6. The highest BCUT2D eigenvalue weighted by molar-refractivity contribution is 6.32. The molecule has 0 aliphatic rings. The van der Waals surface area contributed by atoms with E-state index < -0.39 is 0 Å². The van der Waals surface area contributed by atoms with Crippen LogP contribution < -0.4 is 0 Å². The van der Waals surface area contributed by atoms with Crippen molar-refractivity contribution >= 4 is 33.7 Å². The fraction of sp³-hybridized carbons (Fsp3) is 0.158. The molecule has 4 nitrogen and oxygen atoms in total. The molecule has 0 aliphatic heterocycles. The molecule has 24 heavy (non-hydrogen) atoms. The van der Waals surface area contributed by atoms with Gasteiger partial charge >= 0.3 is 0 Å². The largest absolute Gasteiger partial charge is 0.505 e. The molecule has 0 aromatic heterocycles. The summed E-state index contributed by atoms with van der Waals surface area (Å²) >= 11 is 5.96. The molecule has 0 bridgehead atoms. The number of fused-ring (bicyclic) bond motifs is 1. The van der Waals surface area contributed by atoms with E-state index in [1.807, 2.05) is 45.0 Å². The van der Waals surface area contributed by atoms with Gasteiger partial charge in [0, 0.05) is 5.39 Å². The van der Waals surface area contributed by atoms with Gasteiger partial charge in [-0.1, -0.05) is 35.4 Å². The smallest absolute Gasteiger partial charge is 0.161 e. The second kappa shape index (κ2) is 6.13. The van der Waals surface area contributed by atoms with Crippen LogP contribution in [0.25, 0.3) is 10.8 Å². The molecule has 0 atom stereocenters. The van der Waals surface area contributed by atoms with Crippen LogP contribution in [0.1, 0.15) is 16.7 Å². The summed E-state index contributed by atoms with van der Waals surface area (Å²) in [6, 6.07) is 11.1. The van der Waals surface area contributed by atoms with E-state index >= 15 is 0 Å². The molecule has 3 rings (SSSR count). The molecule has 0 amide bonds. The maximum absolute atomic E-state index is 10.5. The molecule has 0 saturated carbocycles. The van der Waals surface area contributed by atoms with E-state index in [1.165, 1.54) is 0 Å². The first kappa shape index (κ1) is 16.3. The quantitative estimate of drug-likeness (QED) is 0.542. The van der Waals surface area contributed by atoms with Crippen molar-refractivity contribution in [2.75, 3.05) is 0 Å². The topological polar surface area (TPSA) is 65.2 Å². The number of halogens is 1. The number of benzene rings is 3. The number of aryl methyl sites for hydroxylation is 3. The van der Waals surface area contributed by atoms with Gasteiger partial charge in [-0.2, -0.15) is 0 Å². The Bertz CT molecular complexity index is 981. The number of rotatable bonds is 2. The van der Waals surface area contributed by atoms with Crippen LogP contribution in [0.4, 0.5) is 11.4 Å². The summed E-state index contributed by atoms with van der Waals surface area (Å²) in [6.07, 6.45) is 0. The van der Waals surface area contributed by atoms with E-state index in [1.54, 1.807) is 12.1 Å². The zero-order valence-electron chi connectivity index (χ0n) is 13.6. The minimum absolute atomic E-state index is 0.0759. The number of nitrogens with zero attached hydrogens (tertiary/aromatic N) is 2. The van der Waals surface area contributed by atoms with E-state index in [-0.39, 0.29) is 22.2 Å². The highest BCUT2D eigenvalue weighted by atomic mass is 35.5. The van der Waals surface area contributed by atoms with Crippen molar-refractivity contribution in [1.29, 1.82) is 0 Å². The average molecular weight is 341 g/mol. The van der Waals surface area contributed by atoms with E-state index in [9.17, 15) is 10.2 Å². The Labute approximate surface area is 145 Å². The maximum Gasteiger partial charge on any atom is 0.161 e. The van der Waals surface area contributed by atoms with E-state index in [4.69, 9.17) is 11.6 Å². The van der Waals surface area contributed by atoms with Crippen LogP contribution in [0.15, 0.2) is 46.6 Å². The van der Waals surface area contributed by atoms with Crippen molar-refractivity contribution in [2.24, 2.45) is 10.2 Å². The lowest BCUT2D eigenvalue weighted by Gasteiger charge is -2.08. The Morgan fingerprint density at radius 1 is 0.833 bits per heavy atom. The molecule has 0 fully saturated rings. The highest BCUT2D eigenvalue weighted by Gasteiger charge is 2.11. The van der Waals surface area contributed by atoms with Gasteiger partial charge in [-0.05, 0) is 55.5 Å². The Balaban J connectivity index is 2.12. The number of azo groups is 1. The summed E-state index contributed by atoms with van der Waals surface area (Å²) in [4.78, 5) is 0.